The van der Waals surface area contributed by atoms with Crippen LogP contribution in [0.1, 0.15) is 29.3 Å². The lowest BCUT2D eigenvalue weighted by Crippen LogP contribution is -2.17. The number of aliphatic carboxylic acids is 1. The molecule has 20 heavy (non-hydrogen) atoms. The molecule has 6 heteroatoms. The van der Waals surface area contributed by atoms with Gasteiger partial charge in [0.1, 0.15) is 10.8 Å². The Morgan fingerprint density at radius 1 is 1.50 bits per heavy atom. The fraction of sp³-hybridized carbons (Fsp3) is 0.286. The smallest absolute Gasteiger partial charge is 0.312 e. The van der Waals surface area contributed by atoms with Gasteiger partial charge in [0.05, 0.1) is 16.1 Å². The second-order valence-electron chi connectivity index (χ2n) is 4.74. The van der Waals surface area contributed by atoms with E-state index in [4.69, 9.17) is 0 Å². The number of rotatable bonds is 2. The van der Waals surface area contributed by atoms with Crippen LogP contribution < -0.4 is 0 Å². The summed E-state index contributed by atoms with van der Waals surface area (Å²) in [7, 11) is 0. The van der Waals surface area contributed by atoms with Gasteiger partial charge in [-0.3, -0.25) is 4.79 Å². The van der Waals surface area contributed by atoms with Gasteiger partial charge in [0.2, 0.25) is 0 Å². The molecular weight excluding hydrogens is 345 g/mol. The first-order chi connectivity index (χ1) is 9.56. The number of halogens is 2. The van der Waals surface area contributed by atoms with E-state index in [9.17, 15) is 14.3 Å². The summed E-state index contributed by atoms with van der Waals surface area (Å²) in [4.78, 5) is 16.7. The number of hydrogen-bond acceptors (Lipinski definition) is 3. The molecule has 3 rings (SSSR count). The SMILES string of the molecule is O=C(O)C1CCCc2sc(-c3ccc(Br)c(F)c3)nc21. The third kappa shape index (κ3) is 2.38. The molecule has 0 bridgehead atoms. The van der Waals surface area contributed by atoms with Crippen molar-refractivity contribution in [2.75, 3.05) is 0 Å². The Morgan fingerprint density at radius 2 is 2.30 bits per heavy atom. The summed E-state index contributed by atoms with van der Waals surface area (Å²) in [5.41, 5.74) is 1.35. The van der Waals surface area contributed by atoms with Crippen LogP contribution >= 0.6 is 27.3 Å². The number of thiazole rings is 1. The lowest BCUT2D eigenvalue weighted by atomic mass is 9.91. The van der Waals surface area contributed by atoms with E-state index in [1.807, 2.05) is 0 Å². The molecule has 0 saturated carbocycles. The van der Waals surface area contributed by atoms with Crippen LogP contribution in [0.2, 0.25) is 0 Å². The standard InChI is InChI=1S/C14H11BrFNO2S/c15-9-5-4-7(6-10(9)16)13-17-12-8(14(18)19)2-1-3-11(12)20-13/h4-6,8H,1-3H2,(H,18,19). The predicted octanol–water partition coefficient (Wildman–Crippen LogP) is 4.22. The Bertz CT molecular complexity index is 686. The maximum absolute atomic E-state index is 13.6. The zero-order valence-electron chi connectivity index (χ0n) is 10.4. The molecule has 1 N–H and O–H groups in total. The molecule has 1 heterocycles. The molecule has 1 aliphatic carbocycles. The highest BCUT2D eigenvalue weighted by Gasteiger charge is 2.30. The van der Waals surface area contributed by atoms with Crippen molar-refractivity contribution in [1.29, 1.82) is 0 Å². The molecule has 0 aliphatic heterocycles. The van der Waals surface area contributed by atoms with Gasteiger partial charge in [-0.1, -0.05) is 6.07 Å². The van der Waals surface area contributed by atoms with Crippen LogP contribution in [-0.2, 0) is 11.2 Å². The van der Waals surface area contributed by atoms with Crippen LogP contribution in [0.25, 0.3) is 10.6 Å². The quantitative estimate of drug-likeness (QED) is 0.877. The molecule has 1 aliphatic rings. The Balaban J connectivity index is 2.04. The summed E-state index contributed by atoms with van der Waals surface area (Å²) in [6, 6.07) is 4.84. The van der Waals surface area contributed by atoms with E-state index >= 15 is 0 Å². The van der Waals surface area contributed by atoms with Crippen molar-refractivity contribution in [1.82, 2.24) is 4.98 Å². The molecule has 1 aromatic heterocycles. The summed E-state index contributed by atoms with van der Waals surface area (Å²) in [5.74, 6) is -1.70. The maximum atomic E-state index is 13.6. The van der Waals surface area contributed by atoms with Gasteiger partial charge in [-0.2, -0.15) is 0 Å². The molecule has 1 unspecified atom stereocenters. The molecule has 3 nitrogen and oxygen atoms in total. The number of carboxylic acids is 1. The fourth-order valence-corrected chi connectivity index (χ4v) is 3.82. The average Bonchev–Trinajstić information content (AvgIpc) is 2.85. The van der Waals surface area contributed by atoms with Gasteiger partial charge in [-0.15, -0.1) is 11.3 Å². The number of benzene rings is 1. The number of fused-ring (bicyclic) bond motifs is 1. The topological polar surface area (TPSA) is 50.2 Å². The largest absolute Gasteiger partial charge is 0.481 e. The molecule has 1 aromatic carbocycles. The molecule has 1 atom stereocenters. The van der Waals surface area contributed by atoms with Crippen LogP contribution in [0.3, 0.4) is 0 Å². The maximum Gasteiger partial charge on any atom is 0.312 e. The highest BCUT2D eigenvalue weighted by Crippen LogP contribution is 2.38. The van der Waals surface area contributed by atoms with Crippen molar-refractivity contribution >= 4 is 33.2 Å². The van der Waals surface area contributed by atoms with Crippen LogP contribution in [0, 0.1) is 5.82 Å². The summed E-state index contributed by atoms with van der Waals surface area (Å²) < 4.78 is 14.0. The lowest BCUT2D eigenvalue weighted by molar-refractivity contribution is -0.139. The van der Waals surface area contributed by atoms with Crippen LogP contribution in [0.5, 0.6) is 0 Å². The Labute approximate surface area is 127 Å². The highest BCUT2D eigenvalue weighted by molar-refractivity contribution is 9.10. The van der Waals surface area contributed by atoms with Crippen molar-refractivity contribution in [3.63, 3.8) is 0 Å². The van der Waals surface area contributed by atoms with Gasteiger partial charge in [-0.25, -0.2) is 9.37 Å². The zero-order valence-corrected chi connectivity index (χ0v) is 12.8. The minimum Gasteiger partial charge on any atom is -0.481 e. The second-order valence-corrected chi connectivity index (χ2v) is 6.68. The van der Waals surface area contributed by atoms with E-state index in [0.717, 1.165) is 17.7 Å². The summed E-state index contributed by atoms with van der Waals surface area (Å²) >= 11 is 4.59. The monoisotopic (exact) mass is 355 g/mol. The van der Waals surface area contributed by atoms with Crippen molar-refractivity contribution in [2.24, 2.45) is 0 Å². The third-order valence-electron chi connectivity index (χ3n) is 3.42. The van der Waals surface area contributed by atoms with Gasteiger partial charge in [0, 0.05) is 10.4 Å². The first-order valence-electron chi connectivity index (χ1n) is 6.24. The minimum atomic E-state index is -0.829. The van der Waals surface area contributed by atoms with E-state index < -0.39 is 11.9 Å². The van der Waals surface area contributed by atoms with Crippen molar-refractivity contribution in [3.05, 3.63) is 39.1 Å². The molecule has 104 valence electrons. The van der Waals surface area contributed by atoms with Crippen molar-refractivity contribution in [3.8, 4) is 10.6 Å². The molecule has 0 amide bonds. The van der Waals surface area contributed by atoms with E-state index in [2.05, 4.69) is 20.9 Å². The second kappa shape index (κ2) is 5.26. The van der Waals surface area contributed by atoms with E-state index in [0.29, 0.717) is 27.2 Å². The van der Waals surface area contributed by atoms with Crippen LogP contribution in [0.15, 0.2) is 22.7 Å². The molecule has 0 radical (unpaired) electrons. The van der Waals surface area contributed by atoms with Gasteiger partial charge in [-0.05, 0) is 47.3 Å². The van der Waals surface area contributed by atoms with Crippen molar-refractivity contribution < 1.29 is 14.3 Å². The number of aryl methyl sites for hydroxylation is 1. The van der Waals surface area contributed by atoms with Crippen molar-refractivity contribution in [2.45, 2.75) is 25.2 Å². The van der Waals surface area contributed by atoms with Gasteiger partial charge in [0.15, 0.2) is 0 Å². The van der Waals surface area contributed by atoms with Gasteiger partial charge in [0.25, 0.3) is 0 Å². The highest BCUT2D eigenvalue weighted by atomic mass is 79.9. The van der Waals surface area contributed by atoms with Gasteiger partial charge >= 0.3 is 5.97 Å². The number of carbonyl (C=O) groups is 1. The molecule has 0 fully saturated rings. The number of hydrogen-bond donors (Lipinski definition) is 1. The Hall–Kier alpha value is -1.27. The summed E-state index contributed by atoms with van der Waals surface area (Å²) in [6.45, 7) is 0. The number of aromatic nitrogens is 1. The van der Waals surface area contributed by atoms with E-state index in [1.165, 1.54) is 17.4 Å². The van der Waals surface area contributed by atoms with Crippen LogP contribution in [0.4, 0.5) is 4.39 Å². The number of nitrogens with zero attached hydrogens (tertiary/aromatic N) is 1. The Morgan fingerprint density at radius 3 is 3.00 bits per heavy atom. The Kier molecular flexibility index (Phi) is 3.60. The third-order valence-corrected chi connectivity index (χ3v) is 5.24. The first kappa shape index (κ1) is 13.7. The first-order valence-corrected chi connectivity index (χ1v) is 7.85. The van der Waals surface area contributed by atoms with E-state index in [1.54, 1.807) is 12.1 Å². The molecular formula is C14H11BrFNO2S. The molecule has 0 saturated heterocycles. The normalized spacial score (nSPS) is 17.8. The zero-order chi connectivity index (χ0) is 14.3. The molecule has 2 aromatic rings. The van der Waals surface area contributed by atoms with E-state index in [-0.39, 0.29) is 5.82 Å². The summed E-state index contributed by atoms with van der Waals surface area (Å²) in [6.07, 6.45) is 2.34. The fourth-order valence-electron chi connectivity index (χ4n) is 2.41. The van der Waals surface area contributed by atoms with Gasteiger partial charge < -0.3 is 5.11 Å². The minimum absolute atomic E-state index is 0.342. The average molecular weight is 356 g/mol. The summed E-state index contributed by atoms with van der Waals surface area (Å²) in [5, 5.41) is 9.93. The lowest BCUT2D eigenvalue weighted by Gasteiger charge is -2.16. The molecule has 0 spiro atoms. The predicted molar refractivity (Wildman–Crippen MR) is 78.5 cm³/mol. The van der Waals surface area contributed by atoms with Crippen LogP contribution in [-0.4, -0.2) is 16.1 Å². The number of carboxylic acid groups (broad SMARTS) is 1.